The summed E-state index contributed by atoms with van der Waals surface area (Å²) in [4.78, 5) is 12.6. The van der Waals surface area contributed by atoms with Crippen molar-refractivity contribution in [1.82, 2.24) is 15.1 Å². The van der Waals surface area contributed by atoms with Gasteiger partial charge in [-0.15, -0.1) is 0 Å². The molecule has 2 N–H and O–H groups in total. The number of carbonyl (C=O) groups is 1. The topological polar surface area (TPSA) is 80.3 Å². The van der Waals surface area contributed by atoms with E-state index in [-0.39, 0.29) is 18.0 Å². The van der Waals surface area contributed by atoms with E-state index < -0.39 is 6.10 Å². The molecule has 0 bridgehead atoms. The Balaban J connectivity index is 1.66. The molecule has 2 atom stereocenters. The molecule has 130 valence electrons. The van der Waals surface area contributed by atoms with Gasteiger partial charge in [-0.3, -0.25) is 9.48 Å². The second-order valence-electron chi connectivity index (χ2n) is 6.90. The Hall–Kier alpha value is -2.08. The number of aromatic nitrogens is 2. The molecule has 0 saturated heterocycles. The number of carbonyl (C=O) groups excluding carboxylic acids is 1. The van der Waals surface area contributed by atoms with E-state index in [1.165, 1.54) is 6.26 Å². The van der Waals surface area contributed by atoms with E-state index in [0.29, 0.717) is 23.7 Å². The fraction of sp³-hybridized carbons (Fsp3) is 0.556. The highest BCUT2D eigenvalue weighted by Gasteiger charge is 2.33. The zero-order chi connectivity index (χ0) is 17.3. The van der Waals surface area contributed by atoms with Crippen LogP contribution in [0.15, 0.2) is 29.0 Å². The first-order chi connectivity index (χ1) is 11.5. The molecule has 1 aliphatic carbocycles. The summed E-state index contributed by atoms with van der Waals surface area (Å²) in [6.07, 6.45) is 5.10. The summed E-state index contributed by atoms with van der Waals surface area (Å²) in [6.45, 7) is 6.03. The van der Waals surface area contributed by atoms with Crippen molar-refractivity contribution in [3.05, 3.63) is 41.6 Å². The summed E-state index contributed by atoms with van der Waals surface area (Å²) >= 11 is 0. The predicted octanol–water partition coefficient (Wildman–Crippen LogP) is 3.18. The van der Waals surface area contributed by atoms with E-state index in [1.807, 2.05) is 11.6 Å². The molecule has 6 nitrogen and oxygen atoms in total. The molecule has 0 radical (unpaired) electrons. The van der Waals surface area contributed by atoms with Gasteiger partial charge in [-0.1, -0.05) is 0 Å². The number of hydrogen-bond acceptors (Lipinski definition) is 4. The summed E-state index contributed by atoms with van der Waals surface area (Å²) in [5, 5.41) is 17.5. The van der Waals surface area contributed by atoms with Crippen molar-refractivity contribution in [2.24, 2.45) is 0 Å². The molecule has 1 aliphatic rings. The zero-order valence-corrected chi connectivity index (χ0v) is 14.4. The lowest BCUT2D eigenvalue weighted by Crippen LogP contribution is -2.34. The van der Waals surface area contributed by atoms with Crippen LogP contribution >= 0.6 is 0 Å². The first-order valence-corrected chi connectivity index (χ1v) is 8.57. The lowest BCUT2D eigenvalue weighted by atomic mass is 10.1. The molecule has 0 aromatic carbocycles. The molecule has 24 heavy (non-hydrogen) atoms. The Kier molecular flexibility index (Phi) is 4.76. The Morgan fingerprint density at radius 2 is 2.21 bits per heavy atom. The van der Waals surface area contributed by atoms with Crippen LogP contribution in [0.1, 0.15) is 79.9 Å². The van der Waals surface area contributed by atoms with Crippen LogP contribution in [0.25, 0.3) is 0 Å². The minimum Gasteiger partial charge on any atom is -0.467 e. The minimum absolute atomic E-state index is 0.122. The van der Waals surface area contributed by atoms with Gasteiger partial charge >= 0.3 is 0 Å². The first-order valence-electron chi connectivity index (χ1n) is 8.57. The highest BCUT2D eigenvalue weighted by molar-refractivity contribution is 5.95. The molecule has 1 saturated carbocycles. The van der Waals surface area contributed by atoms with Crippen LogP contribution in [0, 0.1) is 0 Å². The van der Waals surface area contributed by atoms with Gasteiger partial charge in [0.15, 0.2) is 0 Å². The standard InChI is InChI=1S/C18H25N3O3/c1-11(2)21-17(13-6-7-13)14(10-19-21)18(23)20-12(3)9-15(22)16-5-4-8-24-16/h4-5,8,10-13,15,22H,6-7,9H2,1-3H3,(H,20,23). The average molecular weight is 331 g/mol. The molecule has 2 aromatic heterocycles. The first kappa shape index (κ1) is 16.8. The van der Waals surface area contributed by atoms with Gasteiger partial charge in [0.05, 0.1) is 23.7 Å². The molecule has 6 heteroatoms. The van der Waals surface area contributed by atoms with Gasteiger partial charge in [-0.05, 0) is 45.7 Å². The second-order valence-corrected chi connectivity index (χ2v) is 6.90. The smallest absolute Gasteiger partial charge is 0.254 e. The van der Waals surface area contributed by atoms with Crippen LogP contribution in [0.2, 0.25) is 0 Å². The van der Waals surface area contributed by atoms with Crippen molar-refractivity contribution in [2.45, 2.75) is 64.1 Å². The molecular weight excluding hydrogens is 306 g/mol. The number of aliphatic hydroxyl groups excluding tert-OH is 1. The van der Waals surface area contributed by atoms with Gasteiger partial charge in [-0.2, -0.15) is 5.10 Å². The molecule has 2 aromatic rings. The Morgan fingerprint density at radius 1 is 1.46 bits per heavy atom. The normalized spacial score (nSPS) is 17.0. The summed E-state index contributed by atoms with van der Waals surface area (Å²) in [7, 11) is 0. The maximum absolute atomic E-state index is 12.6. The number of hydrogen-bond donors (Lipinski definition) is 2. The number of rotatable bonds is 7. The number of aliphatic hydroxyl groups is 1. The zero-order valence-electron chi connectivity index (χ0n) is 14.4. The SMILES string of the molecule is CC(CC(O)c1ccco1)NC(=O)c1cnn(C(C)C)c1C1CC1. The highest BCUT2D eigenvalue weighted by atomic mass is 16.4. The maximum atomic E-state index is 12.6. The third kappa shape index (κ3) is 3.53. The summed E-state index contributed by atoms with van der Waals surface area (Å²) < 4.78 is 7.15. The van der Waals surface area contributed by atoms with Gasteiger partial charge in [0, 0.05) is 24.4 Å². The van der Waals surface area contributed by atoms with Crippen molar-refractivity contribution in [3.8, 4) is 0 Å². The summed E-state index contributed by atoms with van der Waals surface area (Å²) in [5.41, 5.74) is 1.70. The Morgan fingerprint density at radius 3 is 2.79 bits per heavy atom. The van der Waals surface area contributed by atoms with Crippen LogP contribution < -0.4 is 5.32 Å². The lowest BCUT2D eigenvalue weighted by molar-refractivity contribution is 0.0902. The summed E-state index contributed by atoms with van der Waals surface area (Å²) in [5.74, 6) is 0.838. The predicted molar refractivity (Wildman–Crippen MR) is 89.8 cm³/mol. The van der Waals surface area contributed by atoms with Crippen molar-refractivity contribution < 1.29 is 14.3 Å². The molecular formula is C18H25N3O3. The third-order valence-electron chi connectivity index (χ3n) is 4.36. The summed E-state index contributed by atoms with van der Waals surface area (Å²) in [6, 6.07) is 3.54. The Labute approximate surface area is 141 Å². The van der Waals surface area contributed by atoms with Gasteiger partial charge in [0.25, 0.3) is 5.91 Å². The van der Waals surface area contributed by atoms with Crippen molar-refractivity contribution in [3.63, 3.8) is 0 Å². The third-order valence-corrected chi connectivity index (χ3v) is 4.36. The fourth-order valence-corrected chi connectivity index (χ4v) is 3.01. The molecule has 1 fully saturated rings. The number of furan rings is 1. The van der Waals surface area contributed by atoms with E-state index in [4.69, 9.17) is 4.42 Å². The molecule has 2 heterocycles. The average Bonchev–Trinajstić information content (AvgIpc) is 3.04. The van der Waals surface area contributed by atoms with Gasteiger partial charge in [0.2, 0.25) is 0 Å². The van der Waals surface area contributed by atoms with Crippen LogP contribution in [0.3, 0.4) is 0 Å². The molecule has 0 spiro atoms. The molecule has 1 amide bonds. The Bertz CT molecular complexity index is 686. The molecule has 0 aliphatic heterocycles. The maximum Gasteiger partial charge on any atom is 0.254 e. The number of amides is 1. The molecule has 3 rings (SSSR count). The van der Waals surface area contributed by atoms with Gasteiger partial charge in [-0.25, -0.2) is 0 Å². The minimum atomic E-state index is -0.725. The van der Waals surface area contributed by atoms with Gasteiger partial charge < -0.3 is 14.8 Å². The van der Waals surface area contributed by atoms with Gasteiger partial charge in [0.1, 0.15) is 11.9 Å². The van der Waals surface area contributed by atoms with Crippen LogP contribution in [0.4, 0.5) is 0 Å². The lowest BCUT2D eigenvalue weighted by Gasteiger charge is -2.17. The van der Waals surface area contributed by atoms with E-state index in [2.05, 4.69) is 24.3 Å². The van der Waals surface area contributed by atoms with Crippen molar-refractivity contribution in [1.29, 1.82) is 0 Å². The largest absolute Gasteiger partial charge is 0.467 e. The van der Waals surface area contributed by atoms with Crippen molar-refractivity contribution in [2.75, 3.05) is 0 Å². The van der Waals surface area contributed by atoms with Crippen molar-refractivity contribution >= 4 is 5.91 Å². The van der Waals surface area contributed by atoms with E-state index in [9.17, 15) is 9.90 Å². The number of nitrogens with zero attached hydrogens (tertiary/aromatic N) is 2. The highest BCUT2D eigenvalue weighted by Crippen LogP contribution is 2.42. The molecule has 2 unspecified atom stereocenters. The second kappa shape index (κ2) is 6.81. The van der Waals surface area contributed by atoms with Crippen LogP contribution in [-0.2, 0) is 0 Å². The van der Waals surface area contributed by atoms with Crippen LogP contribution in [-0.4, -0.2) is 26.8 Å². The fourth-order valence-electron chi connectivity index (χ4n) is 3.01. The van der Waals surface area contributed by atoms with Crippen LogP contribution in [0.5, 0.6) is 0 Å². The monoisotopic (exact) mass is 331 g/mol. The van der Waals surface area contributed by atoms with E-state index in [0.717, 1.165) is 18.5 Å². The van der Waals surface area contributed by atoms with E-state index >= 15 is 0 Å². The number of nitrogens with one attached hydrogen (secondary N) is 1. The quantitative estimate of drug-likeness (QED) is 0.816. The van der Waals surface area contributed by atoms with E-state index in [1.54, 1.807) is 18.3 Å².